The molecule has 0 saturated carbocycles. The summed E-state index contributed by atoms with van der Waals surface area (Å²) in [7, 11) is 0. The molecule has 1 aromatic rings. The standard InChI is InChI=1S/C9H11N3O/c1-7(10)5-9(13)12-8-3-2-4-11-6-8/h2-6,10,12-13H,1H3/b9-5+,10-7?. The fourth-order valence-electron chi connectivity index (χ4n) is 0.826. The Kier molecular flexibility index (Phi) is 3.03. The van der Waals surface area contributed by atoms with Crippen molar-refractivity contribution in [2.75, 3.05) is 5.32 Å². The number of nitrogens with one attached hydrogen (secondary N) is 2. The monoisotopic (exact) mass is 177 g/mol. The number of pyridine rings is 1. The Morgan fingerprint density at radius 3 is 3.00 bits per heavy atom. The lowest BCUT2D eigenvalue weighted by atomic mass is 10.4. The topological polar surface area (TPSA) is 69.0 Å². The predicted octanol–water partition coefficient (Wildman–Crippen LogP) is 1.93. The Balaban J connectivity index is 2.65. The van der Waals surface area contributed by atoms with Crippen molar-refractivity contribution in [3.8, 4) is 0 Å². The highest BCUT2D eigenvalue weighted by Gasteiger charge is 1.93. The molecule has 1 aromatic heterocycles. The molecule has 0 saturated heterocycles. The van der Waals surface area contributed by atoms with Gasteiger partial charge in [0.15, 0.2) is 5.88 Å². The lowest BCUT2D eigenvalue weighted by molar-refractivity contribution is 0.420. The van der Waals surface area contributed by atoms with Gasteiger partial charge in [-0.2, -0.15) is 0 Å². The molecule has 0 fully saturated rings. The fraction of sp³-hybridized carbons (Fsp3) is 0.111. The summed E-state index contributed by atoms with van der Waals surface area (Å²) < 4.78 is 0. The number of nitrogens with zero attached hydrogens (tertiary/aromatic N) is 1. The van der Waals surface area contributed by atoms with E-state index in [0.717, 1.165) is 0 Å². The molecule has 0 aromatic carbocycles. The lowest BCUT2D eigenvalue weighted by Gasteiger charge is -2.02. The summed E-state index contributed by atoms with van der Waals surface area (Å²) in [4.78, 5) is 3.86. The first kappa shape index (κ1) is 9.25. The number of allylic oxidation sites excluding steroid dienone is 1. The normalized spacial score (nSPS) is 11.0. The minimum atomic E-state index is -0.0551. The van der Waals surface area contributed by atoms with Crippen LogP contribution in [0.15, 0.2) is 36.5 Å². The molecule has 0 aliphatic rings. The molecule has 0 bridgehead atoms. The van der Waals surface area contributed by atoms with Crippen molar-refractivity contribution in [2.24, 2.45) is 0 Å². The number of hydrogen-bond donors (Lipinski definition) is 3. The molecule has 68 valence electrons. The second-order valence-electron chi connectivity index (χ2n) is 2.58. The molecule has 0 aliphatic carbocycles. The fourth-order valence-corrected chi connectivity index (χ4v) is 0.826. The van der Waals surface area contributed by atoms with E-state index in [1.54, 1.807) is 31.5 Å². The summed E-state index contributed by atoms with van der Waals surface area (Å²) >= 11 is 0. The highest BCUT2D eigenvalue weighted by atomic mass is 16.3. The average molecular weight is 177 g/mol. The van der Waals surface area contributed by atoms with Crippen LogP contribution >= 0.6 is 0 Å². The predicted molar refractivity (Wildman–Crippen MR) is 52.0 cm³/mol. The van der Waals surface area contributed by atoms with Crippen molar-refractivity contribution in [3.63, 3.8) is 0 Å². The number of anilines is 1. The molecular formula is C9H11N3O. The van der Waals surface area contributed by atoms with Crippen LogP contribution in [-0.4, -0.2) is 15.8 Å². The van der Waals surface area contributed by atoms with E-state index < -0.39 is 0 Å². The molecule has 0 unspecified atom stereocenters. The van der Waals surface area contributed by atoms with Gasteiger partial charge in [-0.05, 0) is 19.1 Å². The summed E-state index contributed by atoms with van der Waals surface area (Å²) in [5.41, 5.74) is 0.978. The zero-order valence-electron chi connectivity index (χ0n) is 7.28. The SMILES string of the molecule is CC(=N)/C=C(/O)Nc1cccnc1. The first-order chi connectivity index (χ1) is 6.18. The van der Waals surface area contributed by atoms with E-state index in [2.05, 4.69) is 10.3 Å². The molecule has 0 radical (unpaired) electrons. The maximum atomic E-state index is 9.25. The molecule has 0 atom stereocenters. The van der Waals surface area contributed by atoms with E-state index in [1.807, 2.05) is 0 Å². The number of rotatable bonds is 3. The van der Waals surface area contributed by atoms with E-state index >= 15 is 0 Å². The van der Waals surface area contributed by atoms with E-state index in [1.165, 1.54) is 6.08 Å². The molecule has 1 heterocycles. The Hall–Kier alpha value is -1.84. The second-order valence-corrected chi connectivity index (χ2v) is 2.58. The zero-order valence-corrected chi connectivity index (χ0v) is 7.28. The number of hydrogen-bond acceptors (Lipinski definition) is 4. The third-order valence-electron chi connectivity index (χ3n) is 1.29. The van der Waals surface area contributed by atoms with Gasteiger partial charge in [-0.1, -0.05) is 0 Å². The number of aromatic nitrogens is 1. The zero-order chi connectivity index (χ0) is 9.68. The highest BCUT2D eigenvalue weighted by Crippen LogP contribution is 2.05. The first-order valence-corrected chi connectivity index (χ1v) is 3.81. The smallest absolute Gasteiger partial charge is 0.190 e. The van der Waals surface area contributed by atoms with Gasteiger partial charge in [-0.25, -0.2) is 0 Å². The molecule has 3 N–H and O–H groups in total. The summed E-state index contributed by atoms with van der Waals surface area (Å²) in [6.45, 7) is 1.58. The third kappa shape index (κ3) is 3.37. The van der Waals surface area contributed by atoms with Crippen molar-refractivity contribution >= 4 is 11.4 Å². The van der Waals surface area contributed by atoms with E-state index in [4.69, 9.17) is 5.41 Å². The minimum Gasteiger partial charge on any atom is -0.495 e. The summed E-state index contributed by atoms with van der Waals surface area (Å²) in [6, 6.07) is 3.53. The van der Waals surface area contributed by atoms with Crippen LogP contribution in [0.5, 0.6) is 0 Å². The molecule has 0 aliphatic heterocycles. The van der Waals surface area contributed by atoms with Gasteiger partial charge in [0, 0.05) is 18.0 Å². The quantitative estimate of drug-likeness (QED) is 0.488. The van der Waals surface area contributed by atoms with Crippen molar-refractivity contribution in [3.05, 3.63) is 36.5 Å². The van der Waals surface area contributed by atoms with Gasteiger partial charge in [0.2, 0.25) is 0 Å². The Labute approximate surface area is 76.5 Å². The molecule has 0 amide bonds. The summed E-state index contributed by atoms with van der Waals surface area (Å²) in [5.74, 6) is -0.0551. The molecular weight excluding hydrogens is 166 g/mol. The minimum absolute atomic E-state index is 0.0551. The average Bonchev–Trinajstić information content (AvgIpc) is 2.04. The van der Waals surface area contributed by atoms with Crippen LogP contribution < -0.4 is 5.32 Å². The Morgan fingerprint density at radius 2 is 2.46 bits per heavy atom. The van der Waals surface area contributed by atoms with E-state index in [-0.39, 0.29) is 11.6 Å². The van der Waals surface area contributed by atoms with Crippen LogP contribution in [0.1, 0.15) is 6.92 Å². The van der Waals surface area contributed by atoms with Gasteiger partial charge in [0.25, 0.3) is 0 Å². The highest BCUT2D eigenvalue weighted by molar-refractivity contribution is 5.90. The van der Waals surface area contributed by atoms with Crippen LogP contribution in [0.25, 0.3) is 0 Å². The molecule has 1 rings (SSSR count). The largest absolute Gasteiger partial charge is 0.495 e. The molecule has 4 heteroatoms. The van der Waals surface area contributed by atoms with Crippen LogP contribution in [0.2, 0.25) is 0 Å². The Morgan fingerprint density at radius 1 is 1.69 bits per heavy atom. The van der Waals surface area contributed by atoms with Crippen LogP contribution in [0.3, 0.4) is 0 Å². The van der Waals surface area contributed by atoms with Gasteiger partial charge in [0.05, 0.1) is 11.9 Å². The van der Waals surface area contributed by atoms with Gasteiger partial charge in [-0.3, -0.25) is 4.98 Å². The van der Waals surface area contributed by atoms with Crippen LogP contribution in [0.4, 0.5) is 5.69 Å². The van der Waals surface area contributed by atoms with Crippen molar-refractivity contribution in [1.29, 1.82) is 5.41 Å². The molecule has 13 heavy (non-hydrogen) atoms. The van der Waals surface area contributed by atoms with Crippen molar-refractivity contribution in [1.82, 2.24) is 4.98 Å². The van der Waals surface area contributed by atoms with Crippen LogP contribution in [-0.2, 0) is 0 Å². The second kappa shape index (κ2) is 4.25. The van der Waals surface area contributed by atoms with Gasteiger partial charge < -0.3 is 15.8 Å². The maximum Gasteiger partial charge on any atom is 0.190 e. The van der Waals surface area contributed by atoms with E-state index in [0.29, 0.717) is 5.69 Å². The number of aliphatic hydroxyl groups is 1. The summed E-state index contributed by atoms with van der Waals surface area (Å²) in [5, 5.41) is 19.0. The van der Waals surface area contributed by atoms with Crippen molar-refractivity contribution in [2.45, 2.75) is 6.92 Å². The van der Waals surface area contributed by atoms with Gasteiger partial charge in [0.1, 0.15) is 0 Å². The Bertz CT molecular complexity index is 319. The third-order valence-corrected chi connectivity index (χ3v) is 1.29. The molecule has 0 spiro atoms. The number of aliphatic hydroxyl groups excluding tert-OH is 1. The first-order valence-electron chi connectivity index (χ1n) is 3.81. The van der Waals surface area contributed by atoms with Gasteiger partial charge >= 0.3 is 0 Å². The lowest BCUT2D eigenvalue weighted by Crippen LogP contribution is -2.00. The van der Waals surface area contributed by atoms with Gasteiger partial charge in [-0.15, -0.1) is 0 Å². The summed E-state index contributed by atoms with van der Waals surface area (Å²) in [6.07, 6.45) is 4.56. The maximum absolute atomic E-state index is 9.25. The molecule has 4 nitrogen and oxygen atoms in total. The van der Waals surface area contributed by atoms with Crippen LogP contribution in [0, 0.1) is 5.41 Å². The van der Waals surface area contributed by atoms with E-state index in [9.17, 15) is 5.11 Å². The van der Waals surface area contributed by atoms with Crippen molar-refractivity contribution < 1.29 is 5.11 Å².